The number of benzene rings is 2. The van der Waals surface area contributed by atoms with Gasteiger partial charge in [-0.3, -0.25) is 0 Å². The minimum Gasteiger partial charge on any atom is -0.493 e. The van der Waals surface area contributed by atoms with Gasteiger partial charge < -0.3 is 23.7 Å². The molecule has 0 unspecified atom stereocenters. The Morgan fingerprint density at radius 3 is 2.81 bits per heavy atom. The first-order valence-corrected chi connectivity index (χ1v) is 8.89. The van der Waals surface area contributed by atoms with E-state index in [2.05, 4.69) is 6.07 Å². The molecule has 2 aromatic carbocycles. The summed E-state index contributed by atoms with van der Waals surface area (Å²) in [7, 11) is 1.63. The van der Waals surface area contributed by atoms with Crippen LogP contribution in [0.25, 0.3) is 0 Å². The summed E-state index contributed by atoms with van der Waals surface area (Å²) in [6.45, 7) is 0.864. The van der Waals surface area contributed by atoms with Crippen molar-refractivity contribution in [1.29, 1.82) is 0 Å². The Kier molecular flexibility index (Phi) is 2.88. The van der Waals surface area contributed by atoms with Crippen LogP contribution in [0.4, 0.5) is 0 Å². The number of fused-ring (bicyclic) bond motifs is 5. The van der Waals surface area contributed by atoms with Gasteiger partial charge in [0.25, 0.3) is 0 Å². The average molecular weight is 364 g/mol. The van der Waals surface area contributed by atoms with Crippen molar-refractivity contribution in [2.24, 2.45) is 0 Å². The van der Waals surface area contributed by atoms with E-state index >= 15 is 0 Å². The van der Waals surface area contributed by atoms with Gasteiger partial charge in [0.1, 0.15) is 13.2 Å². The Balaban J connectivity index is 1.68. The molecule has 3 heterocycles. The van der Waals surface area contributed by atoms with Crippen molar-refractivity contribution in [1.82, 2.24) is 0 Å². The van der Waals surface area contributed by atoms with Crippen molar-refractivity contribution in [3.8, 4) is 23.0 Å². The summed E-state index contributed by atoms with van der Waals surface area (Å²) < 4.78 is 28.4. The third-order valence-electron chi connectivity index (χ3n) is 5.78. The zero-order valence-corrected chi connectivity index (χ0v) is 14.7. The lowest BCUT2D eigenvalue weighted by molar-refractivity contribution is -0.136. The van der Waals surface area contributed by atoms with Crippen LogP contribution in [0.1, 0.15) is 28.2 Å². The van der Waals surface area contributed by atoms with Gasteiger partial charge in [-0.25, -0.2) is 4.79 Å². The number of rotatable bonds is 1. The van der Waals surface area contributed by atoms with Gasteiger partial charge in [-0.05, 0) is 35.3 Å². The van der Waals surface area contributed by atoms with Crippen LogP contribution in [0.15, 0.2) is 35.4 Å². The predicted molar refractivity (Wildman–Crippen MR) is 93.4 cm³/mol. The molecular weight excluding hydrogens is 348 g/mol. The molecule has 1 aliphatic carbocycles. The van der Waals surface area contributed by atoms with E-state index in [0.29, 0.717) is 42.6 Å². The number of hydrogen-bond acceptors (Lipinski definition) is 6. The van der Waals surface area contributed by atoms with Crippen LogP contribution in [-0.2, 0) is 22.6 Å². The zero-order chi connectivity index (χ0) is 18.1. The van der Waals surface area contributed by atoms with Crippen LogP contribution in [0.3, 0.4) is 0 Å². The maximum absolute atomic E-state index is 12.6. The molecule has 136 valence electrons. The average Bonchev–Trinajstić information content (AvgIpc) is 3.27. The maximum atomic E-state index is 12.6. The summed E-state index contributed by atoms with van der Waals surface area (Å²) in [6, 6.07) is 7.89. The topological polar surface area (TPSA) is 63.2 Å². The normalized spacial score (nSPS) is 20.9. The fourth-order valence-corrected chi connectivity index (χ4v) is 4.62. The van der Waals surface area contributed by atoms with Crippen LogP contribution in [0, 0.1) is 0 Å². The van der Waals surface area contributed by atoms with E-state index in [4.69, 9.17) is 23.7 Å². The summed E-state index contributed by atoms with van der Waals surface area (Å²) >= 11 is 0. The van der Waals surface area contributed by atoms with Gasteiger partial charge in [0.2, 0.25) is 6.79 Å². The highest BCUT2D eigenvalue weighted by Crippen LogP contribution is 2.54. The number of ether oxygens (including phenoxy) is 5. The van der Waals surface area contributed by atoms with Gasteiger partial charge in [0, 0.05) is 17.0 Å². The molecule has 0 bridgehead atoms. The first-order chi connectivity index (χ1) is 13.3. The molecule has 6 heteroatoms. The van der Waals surface area contributed by atoms with Crippen LogP contribution < -0.4 is 18.9 Å². The van der Waals surface area contributed by atoms with E-state index in [0.717, 1.165) is 33.4 Å². The van der Waals surface area contributed by atoms with Crippen LogP contribution in [0.5, 0.6) is 23.0 Å². The summed E-state index contributed by atoms with van der Waals surface area (Å²) in [5.74, 6) is 2.25. The molecule has 27 heavy (non-hydrogen) atoms. The second kappa shape index (κ2) is 5.19. The molecule has 6 rings (SSSR count). The Labute approximate surface area is 155 Å². The van der Waals surface area contributed by atoms with Crippen LogP contribution in [0.2, 0.25) is 0 Å². The number of esters is 1. The first kappa shape index (κ1) is 15.0. The molecule has 0 N–H and O–H groups in total. The fourth-order valence-electron chi connectivity index (χ4n) is 4.62. The molecule has 0 saturated heterocycles. The van der Waals surface area contributed by atoms with E-state index in [9.17, 15) is 4.79 Å². The second-order valence-electron chi connectivity index (χ2n) is 7.03. The van der Waals surface area contributed by atoms with Crippen molar-refractivity contribution >= 4 is 5.97 Å². The zero-order valence-electron chi connectivity index (χ0n) is 14.7. The molecule has 6 nitrogen and oxygen atoms in total. The quantitative estimate of drug-likeness (QED) is 0.725. The highest BCUT2D eigenvalue weighted by molar-refractivity contribution is 5.96. The monoisotopic (exact) mass is 364 g/mol. The predicted octanol–water partition coefficient (Wildman–Crippen LogP) is 2.86. The molecule has 3 aliphatic heterocycles. The highest BCUT2D eigenvalue weighted by Gasteiger charge is 2.43. The van der Waals surface area contributed by atoms with E-state index < -0.39 is 0 Å². The molecular formula is C21H16O6. The van der Waals surface area contributed by atoms with Crippen LogP contribution >= 0.6 is 0 Å². The van der Waals surface area contributed by atoms with Gasteiger partial charge >= 0.3 is 5.97 Å². The van der Waals surface area contributed by atoms with Crippen molar-refractivity contribution in [2.45, 2.75) is 18.9 Å². The highest BCUT2D eigenvalue weighted by atomic mass is 16.7. The Morgan fingerprint density at radius 2 is 1.93 bits per heavy atom. The number of hydrogen-bond donors (Lipinski definition) is 0. The molecule has 0 aromatic heterocycles. The molecule has 0 amide bonds. The molecule has 2 aromatic rings. The molecule has 1 atom stereocenters. The van der Waals surface area contributed by atoms with Gasteiger partial charge in [-0.15, -0.1) is 0 Å². The van der Waals surface area contributed by atoms with Crippen molar-refractivity contribution in [2.75, 3.05) is 20.5 Å². The van der Waals surface area contributed by atoms with E-state index in [1.54, 1.807) is 7.11 Å². The lowest BCUT2D eigenvalue weighted by atomic mass is 9.74. The molecule has 0 fully saturated rings. The summed E-state index contributed by atoms with van der Waals surface area (Å²) in [5.41, 5.74) is 5.80. The Hall–Kier alpha value is -3.15. The number of carbonyl (C=O) groups is 1. The lowest BCUT2D eigenvalue weighted by Gasteiger charge is -2.27. The van der Waals surface area contributed by atoms with Crippen molar-refractivity contribution in [3.05, 3.63) is 57.7 Å². The summed E-state index contributed by atoms with van der Waals surface area (Å²) in [6.07, 6.45) is 0.688. The smallest absolute Gasteiger partial charge is 0.335 e. The third kappa shape index (κ3) is 1.87. The second-order valence-corrected chi connectivity index (χ2v) is 7.03. The number of carbonyl (C=O) groups excluding carboxylic acids is 1. The van der Waals surface area contributed by atoms with Crippen molar-refractivity contribution in [3.63, 3.8) is 0 Å². The SMILES string of the molecule is COc1ccc2c3c1OCc1c(ccc4c1OCO4)[C@H]3C1=C(COC1=O)C2. The van der Waals surface area contributed by atoms with Gasteiger partial charge in [0.15, 0.2) is 23.0 Å². The largest absolute Gasteiger partial charge is 0.493 e. The molecule has 4 aliphatic rings. The van der Waals surface area contributed by atoms with Crippen molar-refractivity contribution < 1.29 is 28.5 Å². The first-order valence-electron chi connectivity index (χ1n) is 8.89. The molecule has 0 saturated carbocycles. The van der Waals surface area contributed by atoms with Gasteiger partial charge in [-0.2, -0.15) is 0 Å². The standard InChI is InChI=1S/C21H16O6/c1-23-14-4-2-10-6-11-7-25-21(22)17(11)18-12-3-5-15-19(27-9-26-15)13(12)8-24-20(14)16(10)18/h2-5,18H,6-9H2,1H3/t18-/m1/s1. The van der Waals surface area contributed by atoms with E-state index in [-0.39, 0.29) is 18.7 Å². The Bertz CT molecular complexity index is 1050. The van der Waals surface area contributed by atoms with E-state index in [1.807, 2.05) is 18.2 Å². The lowest BCUT2D eigenvalue weighted by Crippen LogP contribution is -2.18. The van der Waals surface area contributed by atoms with Gasteiger partial charge in [0.05, 0.1) is 12.7 Å². The maximum Gasteiger partial charge on any atom is 0.335 e. The van der Waals surface area contributed by atoms with Crippen LogP contribution in [-0.4, -0.2) is 26.5 Å². The minimum atomic E-state index is -0.254. The molecule has 0 spiro atoms. The fraction of sp³-hybridized carbons (Fsp3) is 0.286. The van der Waals surface area contributed by atoms with E-state index in [1.165, 1.54) is 0 Å². The van der Waals surface area contributed by atoms with Gasteiger partial charge in [-0.1, -0.05) is 12.1 Å². The number of methoxy groups -OCH3 is 1. The summed E-state index contributed by atoms with van der Waals surface area (Å²) in [4.78, 5) is 12.6. The minimum absolute atomic E-state index is 0.188. The third-order valence-corrected chi connectivity index (χ3v) is 5.78. The summed E-state index contributed by atoms with van der Waals surface area (Å²) in [5, 5.41) is 0. The number of cyclic esters (lactones) is 1. The molecule has 0 radical (unpaired) electrons. The Morgan fingerprint density at radius 1 is 1.00 bits per heavy atom.